The van der Waals surface area contributed by atoms with E-state index in [0.717, 1.165) is 50.9 Å². The molecule has 1 heterocycles. The molecule has 2 rings (SSSR count). The summed E-state index contributed by atoms with van der Waals surface area (Å²) >= 11 is 0. The van der Waals surface area contributed by atoms with Crippen molar-refractivity contribution in [1.82, 2.24) is 15.5 Å². The number of aliphatic imine (C=N–C) groups is 1. The van der Waals surface area contributed by atoms with Crippen LogP contribution in [0.2, 0.25) is 0 Å². The molecule has 0 aromatic heterocycles. The first-order valence-corrected chi connectivity index (χ1v) is 8.59. The van der Waals surface area contributed by atoms with Gasteiger partial charge in [-0.1, -0.05) is 0 Å². The first-order chi connectivity index (χ1) is 11.4. The fourth-order valence-electron chi connectivity index (χ4n) is 2.75. The average Bonchev–Trinajstić information content (AvgIpc) is 2.54. The second-order valence-electron chi connectivity index (χ2n) is 7.18. The van der Waals surface area contributed by atoms with E-state index in [9.17, 15) is 4.39 Å². The summed E-state index contributed by atoms with van der Waals surface area (Å²) in [7, 11) is 1.79. The van der Waals surface area contributed by atoms with Crippen molar-refractivity contribution >= 4 is 11.6 Å². The predicted octanol–water partition coefficient (Wildman–Crippen LogP) is 1.91. The van der Waals surface area contributed by atoms with E-state index in [1.54, 1.807) is 7.05 Å². The molecule has 0 atom stereocenters. The molecule has 24 heavy (non-hydrogen) atoms. The highest BCUT2D eigenvalue weighted by Crippen LogP contribution is 2.16. The van der Waals surface area contributed by atoms with E-state index >= 15 is 0 Å². The van der Waals surface area contributed by atoms with Gasteiger partial charge in [-0.3, -0.25) is 9.89 Å². The van der Waals surface area contributed by atoms with Crippen LogP contribution in [0, 0.1) is 5.82 Å². The highest BCUT2D eigenvalue weighted by Gasteiger charge is 2.17. The van der Waals surface area contributed by atoms with E-state index in [-0.39, 0.29) is 11.4 Å². The van der Waals surface area contributed by atoms with Gasteiger partial charge in [0.05, 0.1) is 0 Å². The van der Waals surface area contributed by atoms with Crippen molar-refractivity contribution in [1.29, 1.82) is 0 Å². The summed E-state index contributed by atoms with van der Waals surface area (Å²) in [5, 5.41) is 6.72. The van der Waals surface area contributed by atoms with Crippen LogP contribution in [0.5, 0.6) is 0 Å². The predicted molar refractivity (Wildman–Crippen MR) is 99.3 cm³/mol. The van der Waals surface area contributed by atoms with Crippen molar-refractivity contribution in [2.45, 2.75) is 26.3 Å². The number of nitrogens with zero attached hydrogens (tertiary/aromatic N) is 3. The lowest BCUT2D eigenvalue weighted by Gasteiger charge is -2.36. The van der Waals surface area contributed by atoms with E-state index in [0.29, 0.717) is 0 Å². The van der Waals surface area contributed by atoms with Gasteiger partial charge in [-0.15, -0.1) is 0 Å². The third kappa shape index (κ3) is 6.00. The Morgan fingerprint density at radius 1 is 1.12 bits per heavy atom. The number of nitrogens with one attached hydrogen (secondary N) is 2. The van der Waals surface area contributed by atoms with E-state index in [4.69, 9.17) is 0 Å². The molecule has 1 fully saturated rings. The lowest BCUT2D eigenvalue weighted by molar-refractivity contribution is 0.261. The molecule has 0 spiro atoms. The summed E-state index contributed by atoms with van der Waals surface area (Å²) < 4.78 is 13.0. The van der Waals surface area contributed by atoms with E-state index in [1.165, 1.54) is 12.1 Å². The Morgan fingerprint density at radius 3 is 2.29 bits per heavy atom. The molecular formula is C18H30FN5. The minimum Gasteiger partial charge on any atom is -0.369 e. The minimum atomic E-state index is -0.180. The lowest BCUT2D eigenvalue weighted by atomic mass is 10.1. The number of halogens is 1. The van der Waals surface area contributed by atoms with E-state index < -0.39 is 0 Å². The van der Waals surface area contributed by atoms with Crippen LogP contribution in [0.15, 0.2) is 29.3 Å². The van der Waals surface area contributed by atoms with E-state index in [1.807, 2.05) is 12.1 Å². The second kappa shape index (κ2) is 8.33. The third-order valence-electron chi connectivity index (χ3n) is 4.00. The van der Waals surface area contributed by atoms with Gasteiger partial charge in [-0.25, -0.2) is 4.39 Å². The van der Waals surface area contributed by atoms with Crippen molar-refractivity contribution in [3.63, 3.8) is 0 Å². The maximum Gasteiger partial charge on any atom is 0.191 e. The Bertz CT molecular complexity index is 527. The van der Waals surface area contributed by atoms with Gasteiger partial charge in [0.1, 0.15) is 5.82 Å². The largest absolute Gasteiger partial charge is 0.369 e. The van der Waals surface area contributed by atoms with Gasteiger partial charge in [0.15, 0.2) is 5.96 Å². The summed E-state index contributed by atoms with van der Waals surface area (Å²) in [6, 6.07) is 6.77. The third-order valence-corrected chi connectivity index (χ3v) is 4.00. The molecule has 0 radical (unpaired) electrons. The molecule has 2 N–H and O–H groups in total. The van der Waals surface area contributed by atoms with Crippen LogP contribution in [0.1, 0.15) is 20.8 Å². The summed E-state index contributed by atoms with van der Waals surface area (Å²) in [5.41, 5.74) is 1.10. The highest BCUT2D eigenvalue weighted by atomic mass is 19.1. The van der Waals surface area contributed by atoms with Gasteiger partial charge in [0.2, 0.25) is 0 Å². The van der Waals surface area contributed by atoms with Crippen LogP contribution >= 0.6 is 0 Å². The molecule has 1 aliphatic rings. The van der Waals surface area contributed by atoms with Crippen LogP contribution in [0.25, 0.3) is 0 Å². The molecule has 0 amide bonds. The second-order valence-corrected chi connectivity index (χ2v) is 7.18. The minimum absolute atomic E-state index is 0.00261. The van der Waals surface area contributed by atoms with Gasteiger partial charge in [0, 0.05) is 57.5 Å². The molecule has 0 unspecified atom stereocenters. The summed E-state index contributed by atoms with van der Waals surface area (Å²) in [4.78, 5) is 9.00. The zero-order chi connectivity index (χ0) is 17.6. The monoisotopic (exact) mass is 335 g/mol. The standard InChI is InChI=1S/C18H30FN5/c1-18(2,3)22-17(20-4)21-9-10-23-11-13-24(14-12-23)16-7-5-15(19)6-8-16/h5-8H,9-14H2,1-4H3,(H2,20,21,22). The molecule has 5 nitrogen and oxygen atoms in total. The van der Waals surface area contributed by atoms with Crippen molar-refractivity contribution in [3.05, 3.63) is 30.1 Å². The summed E-state index contributed by atoms with van der Waals surface area (Å²) in [6.07, 6.45) is 0. The van der Waals surface area contributed by atoms with Crippen molar-refractivity contribution in [2.24, 2.45) is 4.99 Å². The molecule has 0 bridgehead atoms. The summed E-state index contributed by atoms with van der Waals surface area (Å²) in [6.45, 7) is 12.2. The zero-order valence-corrected chi connectivity index (χ0v) is 15.3. The van der Waals surface area contributed by atoms with E-state index in [2.05, 4.69) is 46.2 Å². The Hall–Kier alpha value is -1.82. The lowest BCUT2D eigenvalue weighted by Crippen LogP contribution is -2.51. The SMILES string of the molecule is CN=C(NCCN1CCN(c2ccc(F)cc2)CC1)NC(C)(C)C. The van der Waals surface area contributed by atoms with Crippen molar-refractivity contribution in [3.8, 4) is 0 Å². The number of guanidine groups is 1. The summed E-state index contributed by atoms with van der Waals surface area (Å²) in [5.74, 6) is 0.660. The zero-order valence-electron chi connectivity index (χ0n) is 15.3. The van der Waals surface area contributed by atoms with Crippen molar-refractivity contribution < 1.29 is 4.39 Å². The van der Waals surface area contributed by atoms with Crippen LogP contribution in [-0.2, 0) is 0 Å². The Morgan fingerprint density at radius 2 is 1.75 bits per heavy atom. The number of hydrogen-bond donors (Lipinski definition) is 2. The number of benzene rings is 1. The topological polar surface area (TPSA) is 42.9 Å². The van der Waals surface area contributed by atoms with Gasteiger partial charge in [-0.2, -0.15) is 0 Å². The molecular weight excluding hydrogens is 305 g/mol. The smallest absolute Gasteiger partial charge is 0.191 e. The number of anilines is 1. The quantitative estimate of drug-likeness (QED) is 0.652. The molecule has 1 aromatic rings. The fraction of sp³-hybridized carbons (Fsp3) is 0.611. The van der Waals surface area contributed by atoms with Gasteiger partial charge < -0.3 is 15.5 Å². The fourth-order valence-corrected chi connectivity index (χ4v) is 2.75. The number of piperazine rings is 1. The molecule has 0 aliphatic carbocycles. The maximum absolute atomic E-state index is 13.0. The Labute approximate surface area is 144 Å². The molecule has 1 aliphatic heterocycles. The van der Waals surface area contributed by atoms with Gasteiger partial charge in [0.25, 0.3) is 0 Å². The molecule has 134 valence electrons. The van der Waals surface area contributed by atoms with Crippen LogP contribution in [-0.4, -0.2) is 62.7 Å². The first-order valence-electron chi connectivity index (χ1n) is 8.59. The van der Waals surface area contributed by atoms with Crippen LogP contribution < -0.4 is 15.5 Å². The van der Waals surface area contributed by atoms with Gasteiger partial charge >= 0.3 is 0 Å². The van der Waals surface area contributed by atoms with Crippen LogP contribution in [0.4, 0.5) is 10.1 Å². The maximum atomic E-state index is 13.0. The molecule has 6 heteroatoms. The average molecular weight is 335 g/mol. The van der Waals surface area contributed by atoms with Crippen molar-refractivity contribution in [2.75, 3.05) is 51.2 Å². The molecule has 1 saturated heterocycles. The first kappa shape index (κ1) is 18.5. The van der Waals surface area contributed by atoms with Gasteiger partial charge in [-0.05, 0) is 45.0 Å². The molecule has 0 saturated carbocycles. The molecule has 1 aromatic carbocycles. The Kier molecular flexibility index (Phi) is 6.43. The number of rotatable bonds is 4. The van der Waals surface area contributed by atoms with Crippen LogP contribution in [0.3, 0.4) is 0 Å². The normalized spacial score (nSPS) is 17.0. The highest BCUT2D eigenvalue weighted by molar-refractivity contribution is 5.80. The Balaban J connectivity index is 1.70. The number of hydrogen-bond acceptors (Lipinski definition) is 3.